The number of thiophene rings is 1. The number of benzene rings is 1. The molecule has 0 saturated carbocycles. The third-order valence-electron chi connectivity index (χ3n) is 2.32. The lowest BCUT2D eigenvalue weighted by Gasteiger charge is -2.11. The van der Waals surface area contributed by atoms with Gasteiger partial charge in [-0.05, 0) is 36.4 Å². The molecule has 0 spiro atoms. The minimum absolute atomic E-state index is 0.247. The summed E-state index contributed by atoms with van der Waals surface area (Å²) in [5.74, 6) is 0.697. The monoisotopic (exact) mass is 302 g/mol. The molecule has 0 aliphatic carbocycles. The van der Waals surface area contributed by atoms with Gasteiger partial charge in [0.15, 0.2) is 0 Å². The van der Waals surface area contributed by atoms with E-state index in [4.69, 9.17) is 27.9 Å². The molecular weight excluding hydrogens is 291 g/mol. The molecule has 1 aromatic carbocycles. The van der Waals surface area contributed by atoms with Crippen LogP contribution in [0.1, 0.15) is 4.88 Å². The van der Waals surface area contributed by atoms with Crippen LogP contribution in [-0.4, -0.2) is 17.8 Å². The third kappa shape index (κ3) is 4.18. The summed E-state index contributed by atoms with van der Waals surface area (Å²) in [5.41, 5.74) is 0. The Balaban J connectivity index is 1.81. The number of halogens is 2. The maximum Gasteiger partial charge on any atom is 0.119 e. The molecule has 0 aliphatic rings. The molecule has 2 nitrogen and oxygen atoms in total. The SMILES string of the molecule is OC(COc1ccc(Cl)cc1)Cc1ccc(Cl)s1. The molecule has 96 valence electrons. The van der Waals surface area contributed by atoms with Gasteiger partial charge in [0.1, 0.15) is 12.4 Å². The van der Waals surface area contributed by atoms with E-state index < -0.39 is 6.10 Å². The summed E-state index contributed by atoms with van der Waals surface area (Å²) in [6.45, 7) is 0.247. The van der Waals surface area contributed by atoms with Crippen molar-refractivity contribution in [1.82, 2.24) is 0 Å². The summed E-state index contributed by atoms with van der Waals surface area (Å²) < 4.78 is 6.20. The van der Waals surface area contributed by atoms with Crippen molar-refractivity contribution < 1.29 is 9.84 Å². The Morgan fingerprint density at radius 1 is 1.11 bits per heavy atom. The second-order valence-electron chi connectivity index (χ2n) is 3.83. The molecule has 5 heteroatoms. The Kier molecular flexibility index (Phi) is 4.89. The van der Waals surface area contributed by atoms with Gasteiger partial charge in [-0.3, -0.25) is 0 Å². The molecule has 1 N–H and O–H groups in total. The lowest BCUT2D eigenvalue weighted by Crippen LogP contribution is -2.19. The van der Waals surface area contributed by atoms with Crippen molar-refractivity contribution in [3.63, 3.8) is 0 Å². The predicted molar refractivity (Wildman–Crippen MR) is 76.0 cm³/mol. The zero-order valence-electron chi connectivity index (χ0n) is 9.48. The molecule has 18 heavy (non-hydrogen) atoms. The number of ether oxygens (including phenoxy) is 1. The molecule has 0 saturated heterocycles. The van der Waals surface area contributed by atoms with Crippen molar-refractivity contribution in [2.45, 2.75) is 12.5 Å². The maximum absolute atomic E-state index is 9.84. The normalized spacial score (nSPS) is 12.4. The Bertz CT molecular complexity index is 496. The van der Waals surface area contributed by atoms with E-state index >= 15 is 0 Å². The standard InChI is InChI=1S/C13H12Cl2O2S/c14-9-1-3-11(4-2-9)17-8-10(16)7-12-5-6-13(15)18-12/h1-6,10,16H,7-8H2. The summed E-state index contributed by atoms with van der Waals surface area (Å²) in [6.07, 6.45) is 0.000673. The highest BCUT2D eigenvalue weighted by atomic mass is 35.5. The summed E-state index contributed by atoms with van der Waals surface area (Å²) in [6, 6.07) is 10.8. The molecule has 0 fully saturated rings. The number of hydrogen-bond acceptors (Lipinski definition) is 3. The van der Waals surface area contributed by atoms with Gasteiger partial charge in [0.2, 0.25) is 0 Å². The Morgan fingerprint density at radius 2 is 1.83 bits per heavy atom. The Labute approximate surface area is 120 Å². The minimum Gasteiger partial charge on any atom is -0.491 e. The van der Waals surface area contributed by atoms with Crippen LogP contribution in [0.4, 0.5) is 0 Å². The van der Waals surface area contributed by atoms with E-state index in [9.17, 15) is 5.11 Å². The van der Waals surface area contributed by atoms with Gasteiger partial charge in [-0.2, -0.15) is 0 Å². The van der Waals surface area contributed by atoms with Gasteiger partial charge in [0.25, 0.3) is 0 Å². The van der Waals surface area contributed by atoms with Crippen LogP contribution < -0.4 is 4.74 Å². The van der Waals surface area contributed by atoms with Crippen LogP contribution in [0.2, 0.25) is 9.36 Å². The van der Waals surface area contributed by atoms with Crippen molar-refractivity contribution in [3.05, 3.63) is 50.6 Å². The Morgan fingerprint density at radius 3 is 2.44 bits per heavy atom. The van der Waals surface area contributed by atoms with E-state index in [1.165, 1.54) is 11.3 Å². The van der Waals surface area contributed by atoms with Crippen LogP contribution in [0.5, 0.6) is 5.75 Å². The molecular formula is C13H12Cl2O2S. The van der Waals surface area contributed by atoms with Crippen LogP contribution in [-0.2, 0) is 6.42 Å². The fourth-order valence-corrected chi connectivity index (χ4v) is 2.76. The molecule has 0 radical (unpaired) electrons. The molecule has 0 bridgehead atoms. The number of rotatable bonds is 5. The zero-order chi connectivity index (χ0) is 13.0. The zero-order valence-corrected chi connectivity index (χ0v) is 11.8. The maximum atomic E-state index is 9.84. The lowest BCUT2D eigenvalue weighted by molar-refractivity contribution is 0.108. The summed E-state index contributed by atoms with van der Waals surface area (Å²) >= 11 is 13.1. The first-order chi connectivity index (χ1) is 8.63. The van der Waals surface area contributed by atoms with E-state index in [0.717, 1.165) is 9.21 Å². The van der Waals surface area contributed by atoms with Gasteiger partial charge in [0.05, 0.1) is 10.4 Å². The first-order valence-corrected chi connectivity index (χ1v) is 7.01. The van der Waals surface area contributed by atoms with E-state index in [1.807, 2.05) is 12.1 Å². The fraction of sp³-hybridized carbons (Fsp3) is 0.231. The van der Waals surface area contributed by atoms with Crippen LogP contribution in [0.15, 0.2) is 36.4 Å². The first-order valence-electron chi connectivity index (χ1n) is 5.44. The van der Waals surface area contributed by atoms with E-state index in [-0.39, 0.29) is 6.61 Å². The van der Waals surface area contributed by atoms with Crippen LogP contribution in [0.25, 0.3) is 0 Å². The quantitative estimate of drug-likeness (QED) is 0.903. The second-order valence-corrected chi connectivity index (χ2v) is 6.06. The fourth-order valence-electron chi connectivity index (χ4n) is 1.48. The van der Waals surface area contributed by atoms with Crippen molar-refractivity contribution in [2.24, 2.45) is 0 Å². The summed E-state index contributed by atoms with van der Waals surface area (Å²) in [5, 5.41) is 10.5. The molecule has 1 atom stereocenters. The Hall–Kier alpha value is -0.740. The topological polar surface area (TPSA) is 29.5 Å². The largest absolute Gasteiger partial charge is 0.491 e. The van der Waals surface area contributed by atoms with Gasteiger partial charge >= 0.3 is 0 Å². The summed E-state index contributed by atoms with van der Waals surface area (Å²) in [7, 11) is 0. The third-order valence-corrected chi connectivity index (χ3v) is 3.83. The highest BCUT2D eigenvalue weighted by Crippen LogP contribution is 2.23. The van der Waals surface area contributed by atoms with Crippen LogP contribution >= 0.6 is 34.5 Å². The van der Waals surface area contributed by atoms with E-state index in [0.29, 0.717) is 17.2 Å². The minimum atomic E-state index is -0.546. The number of hydrogen-bond donors (Lipinski definition) is 1. The highest BCUT2D eigenvalue weighted by molar-refractivity contribution is 7.16. The first kappa shape index (κ1) is 13.7. The molecule has 1 heterocycles. The van der Waals surface area contributed by atoms with Crippen molar-refractivity contribution >= 4 is 34.5 Å². The van der Waals surface area contributed by atoms with Gasteiger partial charge < -0.3 is 9.84 Å². The average molecular weight is 303 g/mol. The van der Waals surface area contributed by atoms with E-state index in [2.05, 4.69) is 0 Å². The van der Waals surface area contributed by atoms with Crippen molar-refractivity contribution in [1.29, 1.82) is 0 Å². The lowest BCUT2D eigenvalue weighted by atomic mass is 10.2. The summed E-state index contributed by atoms with van der Waals surface area (Å²) in [4.78, 5) is 1.05. The van der Waals surface area contributed by atoms with Crippen molar-refractivity contribution in [3.8, 4) is 5.75 Å². The van der Waals surface area contributed by atoms with Gasteiger partial charge in [-0.15, -0.1) is 11.3 Å². The van der Waals surface area contributed by atoms with Gasteiger partial charge in [-0.25, -0.2) is 0 Å². The molecule has 0 aliphatic heterocycles. The predicted octanol–water partition coefficient (Wildman–Crippen LogP) is 4.04. The number of aliphatic hydroxyl groups excluding tert-OH is 1. The average Bonchev–Trinajstić information content (AvgIpc) is 2.74. The molecule has 1 aromatic heterocycles. The smallest absolute Gasteiger partial charge is 0.119 e. The van der Waals surface area contributed by atoms with Crippen molar-refractivity contribution in [2.75, 3.05) is 6.61 Å². The van der Waals surface area contributed by atoms with Crippen LogP contribution in [0, 0.1) is 0 Å². The molecule has 0 amide bonds. The molecule has 2 aromatic rings. The number of aliphatic hydroxyl groups is 1. The van der Waals surface area contributed by atoms with Crippen LogP contribution in [0.3, 0.4) is 0 Å². The molecule has 2 rings (SSSR count). The second kappa shape index (κ2) is 6.43. The van der Waals surface area contributed by atoms with Gasteiger partial charge in [0, 0.05) is 16.3 Å². The van der Waals surface area contributed by atoms with E-state index in [1.54, 1.807) is 24.3 Å². The van der Waals surface area contributed by atoms with Gasteiger partial charge in [-0.1, -0.05) is 23.2 Å². The highest BCUT2D eigenvalue weighted by Gasteiger charge is 2.08. The molecule has 1 unspecified atom stereocenters.